The fraction of sp³-hybridized carbons (Fsp3) is 0.286. The van der Waals surface area contributed by atoms with Gasteiger partial charge in [0.15, 0.2) is 5.96 Å². The average Bonchev–Trinajstić information content (AvgIpc) is 3.17. The number of aromatic nitrogens is 1. The fourth-order valence-corrected chi connectivity index (χ4v) is 2.99. The number of halogens is 1. The molecule has 1 aliphatic rings. The molecule has 152 valence electrons. The van der Waals surface area contributed by atoms with Gasteiger partial charge in [0.1, 0.15) is 6.10 Å². The van der Waals surface area contributed by atoms with Gasteiger partial charge < -0.3 is 20.3 Å². The Kier molecular flexibility index (Phi) is 8.73. The van der Waals surface area contributed by atoms with E-state index < -0.39 is 0 Å². The van der Waals surface area contributed by atoms with Crippen LogP contribution >= 0.6 is 24.0 Å². The van der Waals surface area contributed by atoms with Crippen LogP contribution in [-0.4, -0.2) is 54.5 Å². The zero-order valence-corrected chi connectivity index (χ0v) is 18.5. The molecular formula is C21H24IN5O2. The standard InChI is InChI=1S/C21H23N5O2.HI/c1-3-16-7-6-8-17(13-16)25-19(27)14-24-21(22-2)26-12-10-18(15-26)28-20-9-4-5-11-23-20;/h1,4-9,11,13,18H,10,12,14-15H2,2H3,(H,22,24)(H,25,27);1H. The molecule has 0 spiro atoms. The first-order chi connectivity index (χ1) is 13.7. The lowest BCUT2D eigenvalue weighted by atomic mass is 10.2. The van der Waals surface area contributed by atoms with E-state index in [0.717, 1.165) is 18.5 Å². The number of hydrogen-bond donors (Lipinski definition) is 2. The Morgan fingerprint density at radius 3 is 2.97 bits per heavy atom. The van der Waals surface area contributed by atoms with Crippen LogP contribution in [0.3, 0.4) is 0 Å². The molecule has 1 fully saturated rings. The number of carbonyl (C=O) groups is 1. The van der Waals surface area contributed by atoms with Crippen LogP contribution in [0.2, 0.25) is 0 Å². The van der Waals surface area contributed by atoms with Crippen molar-refractivity contribution in [3.63, 3.8) is 0 Å². The maximum atomic E-state index is 12.2. The van der Waals surface area contributed by atoms with Gasteiger partial charge >= 0.3 is 0 Å². The molecule has 1 aromatic carbocycles. The molecule has 0 bridgehead atoms. The topological polar surface area (TPSA) is 78.9 Å². The summed E-state index contributed by atoms with van der Waals surface area (Å²) in [5.41, 5.74) is 1.39. The summed E-state index contributed by atoms with van der Waals surface area (Å²) in [6.45, 7) is 1.58. The Morgan fingerprint density at radius 1 is 1.38 bits per heavy atom. The van der Waals surface area contributed by atoms with Gasteiger partial charge in [-0.05, 0) is 24.3 Å². The lowest BCUT2D eigenvalue weighted by Crippen LogP contribution is -2.43. The van der Waals surface area contributed by atoms with Crippen molar-refractivity contribution in [2.45, 2.75) is 12.5 Å². The van der Waals surface area contributed by atoms with Crippen LogP contribution in [-0.2, 0) is 4.79 Å². The summed E-state index contributed by atoms with van der Waals surface area (Å²) in [5, 5.41) is 5.92. The Balaban J connectivity index is 0.00000300. The molecule has 1 atom stereocenters. The predicted molar refractivity (Wildman–Crippen MR) is 125 cm³/mol. The van der Waals surface area contributed by atoms with E-state index in [1.165, 1.54) is 0 Å². The monoisotopic (exact) mass is 505 g/mol. The molecule has 7 nitrogen and oxygen atoms in total. The summed E-state index contributed by atoms with van der Waals surface area (Å²) in [7, 11) is 1.70. The predicted octanol–water partition coefficient (Wildman–Crippen LogP) is 2.35. The van der Waals surface area contributed by atoms with Crippen LogP contribution in [0.25, 0.3) is 0 Å². The molecule has 1 unspecified atom stereocenters. The maximum absolute atomic E-state index is 12.2. The number of benzene rings is 1. The highest BCUT2D eigenvalue weighted by Crippen LogP contribution is 2.16. The smallest absolute Gasteiger partial charge is 0.243 e. The van der Waals surface area contributed by atoms with Crippen molar-refractivity contribution in [1.82, 2.24) is 15.2 Å². The number of nitrogens with zero attached hydrogens (tertiary/aromatic N) is 3. The summed E-state index contributed by atoms with van der Waals surface area (Å²) < 4.78 is 5.90. The van der Waals surface area contributed by atoms with E-state index in [1.54, 1.807) is 25.4 Å². The van der Waals surface area contributed by atoms with Gasteiger partial charge in [0.25, 0.3) is 0 Å². The van der Waals surface area contributed by atoms with Crippen molar-refractivity contribution in [2.24, 2.45) is 4.99 Å². The van der Waals surface area contributed by atoms with Gasteiger partial charge in [-0.3, -0.25) is 9.79 Å². The van der Waals surface area contributed by atoms with E-state index in [4.69, 9.17) is 11.2 Å². The molecule has 2 heterocycles. The molecule has 1 aliphatic heterocycles. The number of ether oxygens (including phenoxy) is 1. The molecular weight excluding hydrogens is 481 g/mol. The average molecular weight is 505 g/mol. The third-order valence-electron chi connectivity index (χ3n) is 4.30. The molecule has 29 heavy (non-hydrogen) atoms. The molecule has 0 aliphatic carbocycles. The van der Waals surface area contributed by atoms with Crippen molar-refractivity contribution in [1.29, 1.82) is 0 Å². The number of hydrogen-bond acceptors (Lipinski definition) is 4. The molecule has 2 aromatic rings. The number of rotatable bonds is 5. The van der Waals surface area contributed by atoms with Gasteiger partial charge in [0, 0.05) is 43.5 Å². The number of terminal acetylenes is 1. The molecule has 1 saturated heterocycles. The highest BCUT2D eigenvalue weighted by Gasteiger charge is 2.26. The summed E-state index contributed by atoms with van der Waals surface area (Å²) in [6, 6.07) is 12.8. The van der Waals surface area contributed by atoms with E-state index in [1.807, 2.05) is 30.3 Å². The van der Waals surface area contributed by atoms with Gasteiger partial charge in [-0.15, -0.1) is 30.4 Å². The Labute approximate surface area is 188 Å². The van der Waals surface area contributed by atoms with Crippen molar-refractivity contribution >= 4 is 41.5 Å². The van der Waals surface area contributed by atoms with Crippen LogP contribution in [0.5, 0.6) is 5.88 Å². The molecule has 1 amide bonds. The minimum atomic E-state index is -0.171. The zero-order valence-electron chi connectivity index (χ0n) is 16.2. The Morgan fingerprint density at radius 2 is 2.24 bits per heavy atom. The van der Waals surface area contributed by atoms with E-state index in [-0.39, 0.29) is 42.5 Å². The van der Waals surface area contributed by atoms with Gasteiger partial charge in [-0.2, -0.15) is 0 Å². The number of amides is 1. The van der Waals surface area contributed by atoms with Crippen LogP contribution < -0.4 is 15.4 Å². The highest BCUT2D eigenvalue weighted by atomic mass is 127. The first-order valence-corrected chi connectivity index (χ1v) is 9.07. The van der Waals surface area contributed by atoms with Crippen molar-refractivity contribution in [2.75, 3.05) is 32.0 Å². The van der Waals surface area contributed by atoms with Gasteiger partial charge in [-0.25, -0.2) is 4.98 Å². The van der Waals surface area contributed by atoms with E-state index in [2.05, 4.69) is 31.4 Å². The third kappa shape index (κ3) is 6.64. The molecule has 0 radical (unpaired) electrons. The molecule has 3 rings (SSSR count). The SMILES string of the molecule is C#Cc1cccc(NC(=O)CNC(=NC)N2CCC(Oc3ccccn3)C2)c1.I. The molecule has 1 aromatic heterocycles. The van der Waals surface area contributed by atoms with Crippen LogP contribution in [0.1, 0.15) is 12.0 Å². The van der Waals surface area contributed by atoms with Crippen molar-refractivity contribution < 1.29 is 9.53 Å². The van der Waals surface area contributed by atoms with Crippen molar-refractivity contribution in [3.8, 4) is 18.2 Å². The first-order valence-electron chi connectivity index (χ1n) is 9.07. The fourth-order valence-electron chi connectivity index (χ4n) is 2.99. The molecule has 2 N–H and O–H groups in total. The van der Waals surface area contributed by atoms with Gasteiger partial charge in [0.05, 0.1) is 13.1 Å². The number of nitrogens with one attached hydrogen (secondary N) is 2. The quantitative estimate of drug-likeness (QED) is 0.283. The second-order valence-corrected chi connectivity index (χ2v) is 6.32. The van der Waals surface area contributed by atoms with Crippen LogP contribution in [0, 0.1) is 12.3 Å². The second-order valence-electron chi connectivity index (χ2n) is 6.32. The van der Waals surface area contributed by atoms with E-state index in [9.17, 15) is 4.79 Å². The summed E-state index contributed by atoms with van der Waals surface area (Å²) in [5.74, 6) is 3.66. The normalized spacial score (nSPS) is 15.8. The molecule has 0 saturated carbocycles. The van der Waals surface area contributed by atoms with Crippen LogP contribution in [0.15, 0.2) is 53.7 Å². The van der Waals surface area contributed by atoms with Crippen LogP contribution in [0.4, 0.5) is 5.69 Å². The number of aliphatic imine (C=N–C) groups is 1. The largest absolute Gasteiger partial charge is 0.472 e. The number of pyridine rings is 1. The summed E-state index contributed by atoms with van der Waals surface area (Å²) >= 11 is 0. The van der Waals surface area contributed by atoms with E-state index >= 15 is 0 Å². The van der Waals surface area contributed by atoms with Gasteiger partial charge in [-0.1, -0.05) is 18.1 Å². The number of anilines is 1. The van der Waals surface area contributed by atoms with E-state index in [0.29, 0.717) is 24.1 Å². The second kappa shape index (κ2) is 11.3. The van der Waals surface area contributed by atoms with Crippen molar-refractivity contribution in [3.05, 3.63) is 54.2 Å². The Bertz CT molecular complexity index is 882. The lowest BCUT2D eigenvalue weighted by Gasteiger charge is -2.21. The Hall–Kier alpha value is -2.80. The summed E-state index contributed by atoms with van der Waals surface area (Å²) in [6.07, 6.45) is 7.99. The molecule has 8 heteroatoms. The zero-order chi connectivity index (χ0) is 19.8. The lowest BCUT2D eigenvalue weighted by molar-refractivity contribution is -0.115. The number of carbonyl (C=O) groups excluding carboxylic acids is 1. The first kappa shape index (κ1) is 22.5. The highest BCUT2D eigenvalue weighted by molar-refractivity contribution is 14.0. The minimum Gasteiger partial charge on any atom is -0.472 e. The van der Waals surface area contributed by atoms with Gasteiger partial charge in [0.2, 0.25) is 11.8 Å². The maximum Gasteiger partial charge on any atom is 0.243 e. The third-order valence-corrected chi connectivity index (χ3v) is 4.30. The number of likely N-dealkylation sites (tertiary alicyclic amines) is 1. The number of guanidine groups is 1. The summed E-state index contributed by atoms with van der Waals surface area (Å²) in [4.78, 5) is 22.8. The minimum absolute atomic E-state index is 0.